The van der Waals surface area contributed by atoms with Gasteiger partial charge in [-0.25, -0.2) is 9.78 Å². The van der Waals surface area contributed by atoms with Gasteiger partial charge in [-0.05, 0) is 45.6 Å². The Morgan fingerprint density at radius 3 is 2.75 bits per heavy atom. The molecule has 0 bridgehead atoms. The molecule has 6 heteroatoms. The average Bonchev–Trinajstić information content (AvgIpc) is 3.12. The van der Waals surface area contributed by atoms with E-state index in [1.807, 2.05) is 0 Å². The molecule has 0 aromatic carbocycles. The molecule has 1 fully saturated rings. The Bertz CT molecular complexity index is 510. The number of aromatic nitrogens is 1. The first-order chi connectivity index (χ1) is 9.26. The highest BCUT2D eigenvalue weighted by atomic mass is 35.5. The molecular formula is C14H19ClN2O3. The Labute approximate surface area is 123 Å². The normalized spacial score (nSPS) is 16.6. The third-order valence-electron chi connectivity index (χ3n) is 2.93. The number of aliphatic hydroxyl groups is 1. The Balaban J connectivity index is 2.16. The summed E-state index contributed by atoms with van der Waals surface area (Å²) < 4.78 is 5.19. The number of ether oxygens (including phenoxy) is 1. The van der Waals surface area contributed by atoms with Gasteiger partial charge in [0.15, 0.2) is 0 Å². The van der Waals surface area contributed by atoms with E-state index in [0.717, 1.165) is 12.8 Å². The molecule has 1 aromatic heterocycles. The van der Waals surface area contributed by atoms with Gasteiger partial charge in [0.2, 0.25) is 0 Å². The number of amides is 1. The smallest absolute Gasteiger partial charge is 0.412 e. The van der Waals surface area contributed by atoms with Crippen LogP contribution in [0, 0.1) is 5.92 Å². The number of halogens is 1. The van der Waals surface area contributed by atoms with Gasteiger partial charge in [-0.15, -0.1) is 0 Å². The highest BCUT2D eigenvalue weighted by Gasteiger charge is 2.33. The molecule has 5 nitrogen and oxygen atoms in total. The van der Waals surface area contributed by atoms with E-state index in [1.165, 1.54) is 6.20 Å². The van der Waals surface area contributed by atoms with Crippen LogP contribution >= 0.6 is 11.6 Å². The van der Waals surface area contributed by atoms with Gasteiger partial charge in [-0.3, -0.25) is 5.32 Å². The number of nitrogens with one attached hydrogen (secondary N) is 1. The number of hydrogen-bond acceptors (Lipinski definition) is 4. The summed E-state index contributed by atoms with van der Waals surface area (Å²) in [7, 11) is 0. The fourth-order valence-electron chi connectivity index (χ4n) is 1.87. The van der Waals surface area contributed by atoms with Crippen molar-refractivity contribution in [1.29, 1.82) is 0 Å². The van der Waals surface area contributed by atoms with Crippen molar-refractivity contribution in [2.24, 2.45) is 5.92 Å². The lowest BCUT2D eigenvalue weighted by molar-refractivity contribution is 0.0635. The first-order valence-electron chi connectivity index (χ1n) is 6.60. The quantitative estimate of drug-likeness (QED) is 0.838. The maximum Gasteiger partial charge on any atom is 0.412 e. The average molecular weight is 299 g/mol. The molecule has 0 aliphatic heterocycles. The highest BCUT2D eigenvalue weighted by Crippen LogP contribution is 2.43. The topological polar surface area (TPSA) is 71.5 Å². The Morgan fingerprint density at radius 1 is 1.55 bits per heavy atom. The van der Waals surface area contributed by atoms with Crippen LogP contribution in [0.25, 0.3) is 0 Å². The van der Waals surface area contributed by atoms with Gasteiger partial charge in [-0.2, -0.15) is 0 Å². The van der Waals surface area contributed by atoms with Gasteiger partial charge in [-0.1, -0.05) is 11.6 Å². The molecule has 0 saturated heterocycles. The minimum atomic E-state index is -0.638. The van der Waals surface area contributed by atoms with Crippen molar-refractivity contribution in [2.45, 2.75) is 45.3 Å². The van der Waals surface area contributed by atoms with Crippen LogP contribution in [0.5, 0.6) is 0 Å². The van der Waals surface area contributed by atoms with Crippen LogP contribution in [-0.4, -0.2) is 21.8 Å². The molecule has 110 valence electrons. The number of pyridine rings is 1. The highest BCUT2D eigenvalue weighted by molar-refractivity contribution is 6.29. The molecule has 2 rings (SSSR count). The van der Waals surface area contributed by atoms with Gasteiger partial charge in [0.25, 0.3) is 0 Å². The lowest BCUT2D eigenvalue weighted by atomic mass is 10.1. The second kappa shape index (κ2) is 5.58. The molecular weight excluding hydrogens is 280 g/mol. The summed E-state index contributed by atoms with van der Waals surface area (Å²) in [6, 6.07) is 1.58. The van der Waals surface area contributed by atoms with Crippen molar-refractivity contribution < 1.29 is 14.6 Å². The molecule has 1 heterocycles. The van der Waals surface area contributed by atoms with Crippen LogP contribution in [0.15, 0.2) is 12.3 Å². The van der Waals surface area contributed by atoms with E-state index in [-0.39, 0.29) is 11.1 Å². The van der Waals surface area contributed by atoms with E-state index < -0.39 is 17.8 Å². The third-order valence-corrected chi connectivity index (χ3v) is 3.13. The number of hydrogen-bond donors (Lipinski definition) is 2. The fourth-order valence-corrected chi connectivity index (χ4v) is 2.04. The Morgan fingerprint density at radius 2 is 2.20 bits per heavy atom. The number of carbonyl (C=O) groups excluding carboxylic acids is 1. The zero-order valence-corrected chi connectivity index (χ0v) is 12.6. The molecule has 1 aromatic rings. The number of nitrogens with zero attached hydrogens (tertiary/aromatic N) is 1. The SMILES string of the molecule is CC(C)(C)OC(=O)Nc1cnc(Cl)cc1C(O)C1CC1. The molecule has 1 aliphatic rings. The number of anilines is 1. The van der Waals surface area contributed by atoms with Crippen molar-refractivity contribution in [1.82, 2.24) is 4.98 Å². The summed E-state index contributed by atoms with van der Waals surface area (Å²) in [4.78, 5) is 15.7. The van der Waals surface area contributed by atoms with Gasteiger partial charge in [0.05, 0.1) is 18.0 Å². The van der Waals surface area contributed by atoms with Crippen LogP contribution < -0.4 is 5.32 Å². The summed E-state index contributed by atoms with van der Waals surface area (Å²) in [5, 5.41) is 13.1. The maximum atomic E-state index is 11.8. The largest absolute Gasteiger partial charge is 0.444 e. The first kappa shape index (κ1) is 15.1. The van der Waals surface area contributed by atoms with E-state index in [1.54, 1.807) is 26.8 Å². The number of rotatable bonds is 3. The summed E-state index contributed by atoms with van der Waals surface area (Å²) in [6.07, 6.45) is 2.18. The second-order valence-electron chi connectivity index (χ2n) is 6.00. The van der Waals surface area contributed by atoms with Crippen molar-refractivity contribution in [3.05, 3.63) is 23.0 Å². The van der Waals surface area contributed by atoms with Crippen molar-refractivity contribution >= 4 is 23.4 Å². The van der Waals surface area contributed by atoms with Gasteiger partial charge >= 0.3 is 6.09 Å². The Kier molecular flexibility index (Phi) is 4.20. The third kappa shape index (κ3) is 4.08. The summed E-state index contributed by atoms with van der Waals surface area (Å²) in [6.45, 7) is 5.35. The van der Waals surface area contributed by atoms with Crippen LogP contribution in [0.4, 0.5) is 10.5 Å². The number of aliphatic hydroxyl groups excluding tert-OH is 1. The molecule has 1 saturated carbocycles. The van der Waals surface area contributed by atoms with Crippen LogP contribution in [0.1, 0.15) is 45.3 Å². The molecule has 0 radical (unpaired) electrons. The van der Waals surface area contributed by atoms with Crippen LogP contribution in [0.2, 0.25) is 5.15 Å². The molecule has 20 heavy (non-hydrogen) atoms. The minimum absolute atomic E-state index is 0.229. The molecule has 0 spiro atoms. The zero-order valence-electron chi connectivity index (χ0n) is 11.8. The van der Waals surface area contributed by atoms with Crippen molar-refractivity contribution in [3.63, 3.8) is 0 Å². The summed E-state index contributed by atoms with van der Waals surface area (Å²) in [5.41, 5.74) is 0.431. The lowest BCUT2D eigenvalue weighted by Crippen LogP contribution is -2.27. The van der Waals surface area contributed by atoms with E-state index in [2.05, 4.69) is 10.3 Å². The fraction of sp³-hybridized carbons (Fsp3) is 0.571. The van der Waals surface area contributed by atoms with E-state index in [4.69, 9.17) is 16.3 Å². The molecule has 1 amide bonds. The van der Waals surface area contributed by atoms with E-state index >= 15 is 0 Å². The van der Waals surface area contributed by atoms with Crippen LogP contribution in [0.3, 0.4) is 0 Å². The van der Waals surface area contributed by atoms with Gasteiger partial charge < -0.3 is 9.84 Å². The maximum absolute atomic E-state index is 11.8. The molecule has 1 aliphatic carbocycles. The first-order valence-corrected chi connectivity index (χ1v) is 6.97. The predicted octanol–water partition coefficient (Wildman–Crippen LogP) is 3.53. The van der Waals surface area contributed by atoms with Gasteiger partial charge in [0, 0.05) is 5.56 Å². The molecule has 1 atom stereocenters. The van der Waals surface area contributed by atoms with Crippen molar-refractivity contribution in [2.75, 3.05) is 5.32 Å². The zero-order chi connectivity index (χ0) is 14.9. The molecule has 2 N–H and O–H groups in total. The number of carbonyl (C=O) groups is 1. The van der Waals surface area contributed by atoms with Crippen LogP contribution in [-0.2, 0) is 4.74 Å². The van der Waals surface area contributed by atoms with Gasteiger partial charge in [0.1, 0.15) is 10.8 Å². The monoisotopic (exact) mass is 298 g/mol. The van der Waals surface area contributed by atoms with E-state index in [9.17, 15) is 9.90 Å². The standard InChI is InChI=1S/C14H19ClN2O3/c1-14(2,3)20-13(19)17-10-7-16-11(15)6-9(10)12(18)8-4-5-8/h6-8,12,18H,4-5H2,1-3H3,(H,17,19). The Hall–Kier alpha value is -1.33. The summed E-state index contributed by atoms with van der Waals surface area (Å²) in [5.74, 6) is 0.229. The predicted molar refractivity (Wildman–Crippen MR) is 76.8 cm³/mol. The summed E-state index contributed by atoms with van der Waals surface area (Å²) >= 11 is 5.86. The second-order valence-corrected chi connectivity index (χ2v) is 6.39. The van der Waals surface area contributed by atoms with E-state index in [0.29, 0.717) is 11.3 Å². The lowest BCUT2D eigenvalue weighted by Gasteiger charge is -2.21. The minimum Gasteiger partial charge on any atom is -0.444 e. The molecule has 1 unspecified atom stereocenters. The van der Waals surface area contributed by atoms with Crippen molar-refractivity contribution in [3.8, 4) is 0 Å².